The number of aryl methyl sites for hydroxylation is 1. The van der Waals surface area contributed by atoms with Crippen LogP contribution in [0.5, 0.6) is 0 Å². The van der Waals surface area contributed by atoms with Gasteiger partial charge in [0.1, 0.15) is 0 Å². The van der Waals surface area contributed by atoms with E-state index in [2.05, 4.69) is 37.4 Å². The van der Waals surface area contributed by atoms with Gasteiger partial charge in [-0.2, -0.15) is 0 Å². The van der Waals surface area contributed by atoms with Crippen molar-refractivity contribution in [2.75, 3.05) is 6.61 Å². The summed E-state index contributed by atoms with van der Waals surface area (Å²) in [5.41, 5.74) is 2.70. The predicted octanol–water partition coefficient (Wildman–Crippen LogP) is 5.72. The maximum absolute atomic E-state index is 12.0. The van der Waals surface area contributed by atoms with Crippen molar-refractivity contribution < 1.29 is 18.1 Å². The summed E-state index contributed by atoms with van der Waals surface area (Å²) in [7, 11) is -3.60. The normalized spacial score (nSPS) is 15.3. The zero-order valence-electron chi connectivity index (χ0n) is 13.5. The van der Waals surface area contributed by atoms with Crippen LogP contribution in [0.2, 0.25) is 0 Å². The SMILES string of the molecule is C=COP(=O)(OC=C)OCCCc1ccc(C2CCCC2)cc1. The minimum Gasteiger partial charge on any atom is -0.404 e. The first-order valence-electron chi connectivity index (χ1n) is 8.09. The van der Waals surface area contributed by atoms with Gasteiger partial charge in [0.25, 0.3) is 0 Å². The Morgan fingerprint density at radius 2 is 1.70 bits per heavy atom. The summed E-state index contributed by atoms with van der Waals surface area (Å²) in [5, 5.41) is 0. The molecule has 4 nitrogen and oxygen atoms in total. The van der Waals surface area contributed by atoms with Crippen molar-refractivity contribution in [3.8, 4) is 0 Å². The summed E-state index contributed by atoms with van der Waals surface area (Å²) in [6.45, 7) is 6.99. The van der Waals surface area contributed by atoms with E-state index >= 15 is 0 Å². The van der Waals surface area contributed by atoms with E-state index in [1.807, 2.05) is 0 Å². The maximum atomic E-state index is 12.0. The third-order valence-corrected chi connectivity index (χ3v) is 5.39. The van der Waals surface area contributed by atoms with Gasteiger partial charge in [0.2, 0.25) is 0 Å². The molecule has 5 heteroatoms. The van der Waals surface area contributed by atoms with Crippen LogP contribution in [0.4, 0.5) is 0 Å². The molecule has 1 aromatic rings. The molecule has 126 valence electrons. The minimum atomic E-state index is -3.60. The Hall–Kier alpha value is -1.51. The number of hydrogen-bond donors (Lipinski definition) is 0. The number of phosphoric ester groups is 1. The van der Waals surface area contributed by atoms with E-state index in [-0.39, 0.29) is 6.61 Å². The third kappa shape index (κ3) is 5.56. The molecule has 0 bridgehead atoms. The molecule has 0 N–H and O–H groups in total. The Kier molecular flexibility index (Phi) is 6.94. The first kappa shape index (κ1) is 17.8. The molecule has 1 aromatic carbocycles. The van der Waals surface area contributed by atoms with E-state index in [1.165, 1.54) is 36.8 Å². The zero-order chi connectivity index (χ0) is 16.5. The lowest BCUT2D eigenvalue weighted by atomic mass is 9.96. The molecule has 0 atom stereocenters. The van der Waals surface area contributed by atoms with Crippen LogP contribution in [0.25, 0.3) is 0 Å². The standard InChI is InChI=1S/C18H25O4P/c1-3-20-23(19,21-4-2)22-15-7-8-16-11-13-18(14-12-16)17-9-5-6-10-17/h3-4,11-14,17H,1-2,5-10,15H2. The van der Waals surface area contributed by atoms with E-state index in [1.54, 1.807) is 0 Å². The first-order chi connectivity index (χ1) is 11.2. The summed E-state index contributed by atoms with van der Waals surface area (Å²) in [6, 6.07) is 8.82. The van der Waals surface area contributed by atoms with Crippen molar-refractivity contribution in [1.82, 2.24) is 0 Å². The molecule has 0 heterocycles. The molecule has 0 saturated heterocycles. The Balaban J connectivity index is 1.76. The van der Waals surface area contributed by atoms with Gasteiger partial charge in [-0.05, 0) is 42.7 Å². The monoisotopic (exact) mass is 336 g/mol. The van der Waals surface area contributed by atoms with E-state index in [9.17, 15) is 4.57 Å². The van der Waals surface area contributed by atoms with E-state index in [4.69, 9.17) is 13.6 Å². The lowest BCUT2D eigenvalue weighted by Gasteiger charge is -2.14. The summed E-state index contributed by atoms with van der Waals surface area (Å²) >= 11 is 0. The number of hydrogen-bond acceptors (Lipinski definition) is 4. The molecule has 0 aliphatic heterocycles. The van der Waals surface area contributed by atoms with Gasteiger partial charge in [0.05, 0.1) is 19.1 Å². The lowest BCUT2D eigenvalue weighted by molar-refractivity contribution is 0.178. The van der Waals surface area contributed by atoms with Crippen molar-refractivity contribution >= 4 is 7.82 Å². The van der Waals surface area contributed by atoms with Crippen LogP contribution in [0.1, 0.15) is 49.1 Å². The maximum Gasteiger partial charge on any atom is 0.586 e. The molecule has 0 radical (unpaired) electrons. The van der Waals surface area contributed by atoms with Gasteiger partial charge >= 0.3 is 7.82 Å². The highest BCUT2D eigenvalue weighted by Gasteiger charge is 2.26. The topological polar surface area (TPSA) is 44.8 Å². The zero-order valence-corrected chi connectivity index (χ0v) is 14.4. The minimum absolute atomic E-state index is 0.281. The fourth-order valence-electron chi connectivity index (χ4n) is 2.94. The van der Waals surface area contributed by atoms with Gasteiger partial charge in [-0.1, -0.05) is 50.3 Å². The largest absolute Gasteiger partial charge is 0.586 e. The van der Waals surface area contributed by atoms with Crippen LogP contribution >= 0.6 is 7.82 Å². The molecule has 0 unspecified atom stereocenters. The van der Waals surface area contributed by atoms with Gasteiger partial charge in [-0.15, -0.1) is 0 Å². The molecule has 1 saturated carbocycles. The molecule has 0 aromatic heterocycles. The second kappa shape index (κ2) is 8.95. The van der Waals surface area contributed by atoms with Crippen LogP contribution in [0, 0.1) is 0 Å². The molecule has 1 aliphatic rings. The van der Waals surface area contributed by atoms with Crippen LogP contribution in [0.15, 0.2) is 49.9 Å². The van der Waals surface area contributed by atoms with Crippen LogP contribution in [0.3, 0.4) is 0 Å². The van der Waals surface area contributed by atoms with Crippen molar-refractivity contribution in [2.45, 2.75) is 44.4 Å². The molecule has 2 rings (SSSR count). The second-order valence-electron chi connectivity index (χ2n) is 5.65. The quantitative estimate of drug-likeness (QED) is 0.311. The summed E-state index contributed by atoms with van der Waals surface area (Å²) in [5.74, 6) is 0.741. The molecule has 1 aliphatic carbocycles. The highest BCUT2D eigenvalue weighted by molar-refractivity contribution is 7.48. The highest BCUT2D eigenvalue weighted by Crippen LogP contribution is 2.49. The fourth-order valence-corrected chi connectivity index (χ4v) is 3.83. The molecular weight excluding hydrogens is 311 g/mol. The fraction of sp³-hybridized carbons (Fsp3) is 0.444. The number of benzene rings is 1. The van der Waals surface area contributed by atoms with E-state index in [0.29, 0.717) is 0 Å². The molecule has 1 fully saturated rings. The average molecular weight is 336 g/mol. The Morgan fingerprint density at radius 1 is 1.09 bits per heavy atom. The van der Waals surface area contributed by atoms with Gasteiger partial charge < -0.3 is 9.05 Å². The van der Waals surface area contributed by atoms with Crippen molar-refractivity contribution in [3.05, 3.63) is 61.1 Å². The number of rotatable bonds is 10. The van der Waals surface area contributed by atoms with Crippen molar-refractivity contribution in [3.63, 3.8) is 0 Å². The Morgan fingerprint density at radius 3 is 2.26 bits per heavy atom. The van der Waals surface area contributed by atoms with Gasteiger partial charge in [-0.25, -0.2) is 4.57 Å². The van der Waals surface area contributed by atoms with Gasteiger partial charge in [0.15, 0.2) is 0 Å². The van der Waals surface area contributed by atoms with Gasteiger partial charge in [-0.3, -0.25) is 4.52 Å². The second-order valence-corrected chi connectivity index (χ2v) is 7.23. The number of phosphoric acid groups is 1. The Bertz CT molecular complexity index is 533. The molecule has 0 spiro atoms. The molecule has 0 amide bonds. The smallest absolute Gasteiger partial charge is 0.404 e. The predicted molar refractivity (Wildman–Crippen MR) is 92.1 cm³/mol. The summed E-state index contributed by atoms with van der Waals surface area (Å²) in [4.78, 5) is 0. The van der Waals surface area contributed by atoms with E-state index < -0.39 is 7.82 Å². The van der Waals surface area contributed by atoms with Crippen LogP contribution < -0.4 is 0 Å². The average Bonchev–Trinajstić information content (AvgIpc) is 3.07. The van der Waals surface area contributed by atoms with Crippen LogP contribution in [-0.2, 0) is 24.6 Å². The third-order valence-electron chi connectivity index (χ3n) is 4.07. The summed E-state index contributed by atoms with van der Waals surface area (Å²) < 4.78 is 26.8. The van der Waals surface area contributed by atoms with Gasteiger partial charge in [0, 0.05) is 0 Å². The Labute approximate surface area is 138 Å². The highest BCUT2D eigenvalue weighted by atomic mass is 31.2. The van der Waals surface area contributed by atoms with Crippen LogP contribution in [-0.4, -0.2) is 6.61 Å². The first-order valence-corrected chi connectivity index (χ1v) is 9.55. The summed E-state index contributed by atoms with van der Waals surface area (Å²) in [6.07, 6.45) is 9.01. The molecular formula is C18H25O4P. The lowest BCUT2D eigenvalue weighted by Crippen LogP contribution is -1.98. The van der Waals surface area contributed by atoms with E-state index in [0.717, 1.165) is 31.3 Å². The molecule has 23 heavy (non-hydrogen) atoms. The van der Waals surface area contributed by atoms with Crippen molar-refractivity contribution in [2.24, 2.45) is 0 Å². The van der Waals surface area contributed by atoms with Crippen molar-refractivity contribution in [1.29, 1.82) is 0 Å².